The molecule has 3 aromatic rings. The molecule has 0 bridgehead atoms. The summed E-state index contributed by atoms with van der Waals surface area (Å²) >= 11 is 5.97. The van der Waals surface area contributed by atoms with Gasteiger partial charge in [0.15, 0.2) is 5.82 Å². The third kappa shape index (κ3) is 3.21. The van der Waals surface area contributed by atoms with Gasteiger partial charge in [0.2, 0.25) is 0 Å². The van der Waals surface area contributed by atoms with E-state index in [1.807, 2.05) is 48.5 Å². The van der Waals surface area contributed by atoms with E-state index in [4.69, 9.17) is 17.3 Å². The van der Waals surface area contributed by atoms with Crippen molar-refractivity contribution >= 4 is 28.8 Å². The molecule has 0 radical (unpaired) electrons. The molecule has 0 aliphatic rings. The number of nitrogen functional groups attached to an aromatic ring is 1. The van der Waals surface area contributed by atoms with E-state index >= 15 is 0 Å². The maximum atomic E-state index is 6.12. The van der Waals surface area contributed by atoms with Crippen molar-refractivity contribution in [3.63, 3.8) is 0 Å². The van der Waals surface area contributed by atoms with Gasteiger partial charge in [0.05, 0.1) is 10.7 Å². The molecular formula is C18H16ClN3. The Kier molecular flexibility index (Phi) is 4.26. The summed E-state index contributed by atoms with van der Waals surface area (Å²) in [5.41, 5.74) is 8.90. The predicted octanol–water partition coefficient (Wildman–Crippen LogP) is 4.66. The number of hydrogen-bond donors (Lipinski definition) is 1. The van der Waals surface area contributed by atoms with Crippen LogP contribution < -0.4 is 10.6 Å². The summed E-state index contributed by atoms with van der Waals surface area (Å²) in [6.07, 6.45) is 1.62. The summed E-state index contributed by atoms with van der Waals surface area (Å²) in [7, 11) is 0. The van der Waals surface area contributed by atoms with Gasteiger partial charge in [-0.1, -0.05) is 60.1 Å². The Hall–Kier alpha value is -2.52. The van der Waals surface area contributed by atoms with E-state index in [-0.39, 0.29) is 0 Å². The van der Waals surface area contributed by atoms with E-state index in [2.05, 4.69) is 22.0 Å². The van der Waals surface area contributed by atoms with Gasteiger partial charge in [-0.15, -0.1) is 0 Å². The van der Waals surface area contributed by atoms with Crippen LogP contribution in [0.4, 0.5) is 17.2 Å². The molecule has 3 rings (SSSR count). The lowest BCUT2D eigenvalue weighted by atomic mass is 10.2. The first-order chi connectivity index (χ1) is 10.7. The molecule has 4 heteroatoms. The van der Waals surface area contributed by atoms with E-state index < -0.39 is 0 Å². The summed E-state index contributed by atoms with van der Waals surface area (Å²) in [5, 5.41) is 0.536. The molecule has 1 heterocycles. The lowest BCUT2D eigenvalue weighted by molar-refractivity contribution is 0.950. The van der Waals surface area contributed by atoms with E-state index in [0.717, 1.165) is 5.69 Å². The van der Waals surface area contributed by atoms with E-state index in [0.29, 0.717) is 23.1 Å². The number of hydrogen-bond acceptors (Lipinski definition) is 3. The molecule has 0 saturated carbocycles. The quantitative estimate of drug-likeness (QED) is 0.762. The largest absolute Gasteiger partial charge is 0.396 e. The highest BCUT2D eigenvalue weighted by atomic mass is 35.5. The smallest absolute Gasteiger partial charge is 0.156 e. The van der Waals surface area contributed by atoms with Gasteiger partial charge in [0, 0.05) is 18.4 Å². The van der Waals surface area contributed by atoms with Crippen LogP contribution in [0, 0.1) is 0 Å². The maximum Gasteiger partial charge on any atom is 0.156 e. The van der Waals surface area contributed by atoms with Crippen molar-refractivity contribution in [3.8, 4) is 0 Å². The van der Waals surface area contributed by atoms with Gasteiger partial charge < -0.3 is 10.6 Å². The molecule has 2 N–H and O–H groups in total. The van der Waals surface area contributed by atoms with E-state index in [9.17, 15) is 0 Å². The van der Waals surface area contributed by atoms with Crippen molar-refractivity contribution in [1.29, 1.82) is 0 Å². The number of nitrogens with zero attached hydrogens (tertiary/aromatic N) is 2. The number of benzene rings is 2. The van der Waals surface area contributed by atoms with Crippen molar-refractivity contribution in [1.82, 2.24) is 4.98 Å². The van der Waals surface area contributed by atoms with Crippen LogP contribution in [0.3, 0.4) is 0 Å². The second-order valence-corrected chi connectivity index (χ2v) is 5.41. The fourth-order valence-corrected chi connectivity index (χ4v) is 2.50. The number of nitrogens with two attached hydrogens (primary N) is 1. The Bertz CT molecular complexity index is 745. The number of halogens is 1. The lowest BCUT2D eigenvalue weighted by Crippen LogP contribution is -2.19. The first kappa shape index (κ1) is 14.4. The summed E-state index contributed by atoms with van der Waals surface area (Å²) in [6, 6.07) is 22.0. The highest BCUT2D eigenvalue weighted by Crippen LogP contribution is 2.31. The SMILES string of the molecule is Nc1cc(Cl)cnc1N(Cc1ccccc1)c1ccccc1. The highest BCUT2D eigenvalue weighted by Gasteiger charge is 2.14. The van der Waals surface area contributed by atoms with Gasteiger partial charge in [-0.05, 0) is 23.8 Å². The van der Waals surface area contributed by atoms with Crippen molar-refractivity contribution in [2.75, 3.05) is 10.6 Å². The van der Waals surface area contributed by atoms with Crippen LogP contribution in [0.1, 0.15) is 5.56 Å². The first-order valence-corrected chi connectivity index (χ1v) is 7.39. The molecule has 0 amide bonds. The second-order valence-electron chi connectivity index (χ2n) is 4.97. The molecule has 0 aliphatic heterocycles. The summed E-state index contributed by atoms with van der Waals surface area (Å²) in [4.78, 5) is 6.50. The molecule has 0 atom stereocenters. The topological polar surface area (TPSA) is 42.1 Å². The highest BCUT2D eigenvalue weighted by molar-refractivity contribution is 6.30. The number of aromatic nitrogens is 1. The molecule has 2 aromatic carbocycles. The lowest BCUT2D eigenvalue weighted by Gasteiger charge is -2.25. The van der Waals surface area contributed by atoms with E-state index in [1.165, 1.54) is 5.56 Å². The molecule has 0 fully saturated rings. The van der Waals surface area contributed by atoms with Gasteiger partial charge in [0.25, 0.3) is 0 Å². The third-order valence-corrected chi connectivity index (χ3v) is 3.58. The van der Waals surface area contributed by atoms with Crippen LogP contribution in [0.2, 0.25) is 5.02 Å². The fourth-order valence-electron chi connectivity index (χ4n) is 2.34. The van der Waals surface area contributed by atoms with Crippen molar-refractivity contribution in [2.24, 2.45) is 0 Å². The van der Waals surface area contributed by atoms with Crippen LogP contribution in [-0.2, 0) is 6.54 Å². The number of pyridine rings is 1. The van der Waals surface area contributed by atoms with Crippen molar-refractivity contribution in [2.45, 2.75) is 6.54 Å². The maximum absolute atomic E-state index is 6.12. The van der Waals surface area contributed by atoms with Crippen LogP contribution in [0.5, 0.6) is 0 Å². The average Bonchev–Trinajstić information content (AvgIpc) is 2.55. The zero-order chi connectivity index (χ0) is 15.4. The molecule has 0 aliphatic carbocycles. The minimum Gasteiger partial charge on any atom is -0.396 e. The summed E-state index contributed by atoms with van der Waals surface area (Å²) < 4.78 is 0. The molecule has 22 heavy (non-hydrogen) atoms. The van der Waals surface area contributed by atoms with Crippen LogP contribution in [-0.4, -0.2) is 4.98 Å². The second kappa shape index (κ2) is 6.50. The van der Waals surface area contributed by atoms with Gasteiger partial charge in [0.1, 0.15) is 0 Å². The number of rotatable bonds is 4. The molecule has 0 spiro atoms. The van der Waals surface area contributed by atoms with Crippen LogP contribution in [0.25, 0.3) is 0 Å². The number of anilines is 3. The summed E-state index contributed by atoms with van der Waals surface area (Å²) in [5.74, 6) is 0.708. The molecular weight excluding hydrogens is 294 g/mol. The fraction of sp³-hybridized carbons (Fsp3) is 0.0556. The van der Waals surface area contributed by atoms with Crippen LogP contribution >= 0.6 is 11.6 Å². The zero-order valence-corrected chi connectivity index (χ0v) is 12.7. The van der Waals surface area contributed by atoms with Crippen molar-refractivity contribution in [3.05, 3.63) is 83.5 Å². The minimum atomic E-state index is 0.536. The Balaban J connectivity index is 2.03. The van der Waals surface area contributed by atoms with Crippen molar-refractivity contribution < 1.29 is 0 Å². The van der Waals surface area contributed by atoms with E-state index in [1.54, 1.807) is 12.3 Å². The normalized spacial score (nSPS) is 10.4. The minimum absolute atomic E-state index is 0.536. The summed E-state index contributed by atoms with van der Waals surface area (Å²) in [6.45, 7) is 0.684. The first-order valence-electron chi connectivity index (χ1n) is 7.01. The third-order valence-electron chi connectivity index (χ3n) is 3.37. The Labute approximate surface area is 135 Å². The Morgan fingerprint density at radius 1 is 0.955 bits per heavy atom. The van der Waals surface area contributed by atoms with Gasteiger partial charge >= 0.3 is 0 Å². The average molecular weight is 310 g/mol. The van der Waals surface area contributed by atoms with Gasteiger partial charge in [-0.25, -0.2) is 4.98 Å². The molecule has 0 unspecified atom stereocenters. The van der Waals surface area contributed by atoms with Gasteiger partial charge in [-0.3, -0.25) is 0 Å². The van der Waals surface area contributed by atoms with Crippen LogP contribution in [0.15, 0.2) is 72.9 Å². The predicted molar refractivity (Wildman–Crippen MR) is 92.4 cm³/mol. The zero-order valence-electron chi connectivity index (χ0n) is 12.0. The molecule has 3 nitrogen and oxygen atoms in total. The monoisotopic (exact) mass is 309 g/mol. The molecule has 1 aromatic heterocycles. The molecule has 110 valence electrons. The molecule has 0 saturated heterocycles. The standard InChI is InChI=1S/C18H16ClN3/c19-15-11-17(20)18(21-12-15)22(16-9-5-2-6-10-16)13-14-7-3-1-4-8-14/h1-12H,13,20H2. The number of para-hydroxylation sites is 1. The van der Waals surface area contributed by atoms with Gasteiger partial charge in [-0.2, -0.15) is 0 Å². The Morgan fingerprint density at radius 3 is 2.23 bits per heavy atom. The Morgan fingerprint density at radius 2 is 1.59 bits per heavy atom.